The normalized spacial score (nSPS) is 23.9. The van der Waals surface area contributed by atoms with E-state index in [1.54, 1.807) is 17.4 Å². The summed E-state index contributed by atoms with van der Waals surface area (Å²) < 4.78 is 0. The number of hydrogen-bond donors (Lipinski definition) is 1. The number of carbonyl (C=O) groups is 1. The van der Waals surface area contributed by atoms with Gasteiger partial charge >= 0.3 is 0 Å². The Morgan fingerprint density at radius 2 is 2.47 bits per heavy atom. The van der Waals surface area contributed by atoms with E-state index in [1.807, 2.05) is 17.5 Å². The fourth-order valence-electron chi connectivity index (χ4n) is 1.42. The standard InChI is InChI=1S/C12H10O2S/c13-10-5-7-12(14,9-10)6-1-3-11-4-2-8-15-11/h2,4-5,7-8,14H,6,9H2. The molecule has 76 valence electrons. The third kappa shape index (κ3) is 2.56. The fraction of sp³-hybridized carbons (Fsp3) is 0.250. The van der Waals surface area contributed by atoms with E-state index in [4.69, 9.17) is 0 Å². The van der Waals surface area contributed by atoms with Gasteiger partial charge in [0.15, 0.2) is 5.78 Å². The Morgan fingerprint density at radius 3 is 3.07 bits per heavy atom. The lowest BCUT2D eigenvalue weighted by molar-refractivity contribution is -0.116. The Kier molecular flexibility index (Phi) is 2.72. The first-order chi connectivity index (χ1) is 7.18. The Labute approximate surface area is 92.3 Å². The predicted octanol–water partition coefficient (Wildman–Crippen LogP) is 1.75. The second-order valence-electron chi connectivity index (χ2n) is 3.54. The smallest absolute Gasteiger partial charge is 0.158 e. The van der Waals surface area contributed by atoms with Crippen molar-refractivity contribution in [2.75, 3.05) is 0 Å². The van der Waals surface area contributed by atoms with Crippen LogP contribution in [0.25, 0.3) is 0 Å². The first-order valence-electron chi connectivity index (χ1n) is 4.65. The van der Waals surface area contributed by atoms with Crippen LogP contribution in [-0.2, 0) is 4.79 Å². The van der Waals surface area contributed by atoms with E-state index in [0.29, 0.717) is 6.42 Å². The highest BCUT2D eigenvalue weighted by Gasteiger charge is 2.30. The lowest BCUT2D eigenvalue weighted by Gasteiger charge is -2.14. The molecule has 1 aliphatic carbocycles. The summed E-state index contributed by atoms with van der Waals surface area (Å²) in [6.45, 7) is 0. The van der Waals surface area contributed by atoms with Crippen molar-refractivity contribution in [1.29, 1.82) is 0 Å². The maximum absolute atomic E-state index is 11.0. The zero-order valence-corrected chi connectivity index (χ0v) is 8.88. The summed E-state index contributed by atoms with van der Waals surface area (Å²) in [5.41, 5.74) is -1.04. The van der Waals surface area contributed by atoms with E-state index in [-0.39, 0.29) is 12.2 Å². The molecule has 1 aromatic rings. The van der Waals surface area contributed by atoms with E-state index in [9.17, 15) is 9.90 Å². The summed E-state index contributed by atoms with van der Waals surface area (Å²) in [4.78, 5) is 11.9. The molecule has 0 bridgehead atoms. The molecule has 3 heteroatoms. The Hall–Kier alpha value is -1.37. The summed E-state index contributed by atoms with van der Waals surface area (Å²) in [6, 6.07) is 3.86. The van der Waals surface area contributed by atoms with Gasteiger partial charge in [0, 0.05) is 12.8 Å². The summed E-state index contributed by atoms with van der Waals surface area (Å²) in [6.07, 6.45) is 3.44. The van der Waals surface area contributed by atoms with Crippen LogP contribution in [-0.4, -0.2) is 16.5 Å². The minimum absolute atomic E-state index is 0.0320. The first-order valence-corrected chi connectivity index (χ1v) is 5.53. The minimum atomic E-state index is -1.04. The topological polar surface area (TPSA) is 37.3 Å². The quantitative estimate of drug-likeness (QED) is 0.729. The second-order valence-corrected chi connectivity index (χ2v) is 4.48. The maximum Gasteiger partial charge on any atom is 0.158 e. The molecule has 2 nitrogen and oxygen atoms in total. The van der Waals surface area contributed by atoms with E-state index in [2.05, 4.69) is 11.8 Å². The van der Waals surface area contributed by atoms with Crippen molar-refractivity contribution < 1.29 is 9.90 Å². The Morgan fingerprint density at radius 1 is 1.60 bits per heavy atom. The third-order valence-corrected chi connectivity index (χ3v) is 2.97. The van der Waals surface area contributed by atoms with E-state index in [1.165, 1.54) is 6.08 Å². The van der Waals surface area contributed by atoms with Gasteiger partial charge in [-0.15, -0.1) is 11.3 Å². The molecular weight excluding hydrogens is 208 g/mol. The monoisotopic (exact) mass is 218 g/mol. The number of hydrogen-bond acceptors (Lipinski definition) is 3. The molecule has 0 spiro atoms. The average Bonchev–Trinajstić information content (AvgIpc) is 2.77. The molecular formula is C12H10O2S. The number of rotatable bonds is 1. The van der Waals surface area contributed by atoms with E-state index >= 15 is 0 Å². The van der Waals surface area contributed by atoms with Gasteiger partial charge in [0.25, 0.3) is 0 Å². The van der Waals surface area contributed by atoms with Crippen LogP contribution in [0.1, 0.15) is 17.7 Å². The largest absolute Gasteiger partial charge is 0.384 e. The van der Waals surface area contributed by atoms with Crippen LogP contribution in [0.3, 0.4) is 0 Å². The molecule has 1 N–H and O–H groups in total. The van der Waals surface area contributed by atoms with Crippen molar-refractivity contribution >= 4 is 17.1 Å². The van der Waals surface area contributed by atoms with Crippen LogP contribution in [0.15, 0.2) is 29.7 Å². The van der Waals surface area contributed by atoms with Crippen molar-refractivity contribution in [2.24, 2.45) is 0 Å². The molecule has 1 unspecified atom stereocenters. The first kappa shape index (κ1) is 10.2. The maximum atomic E-state index is 11.0. The molecule has 0 radical (unpaired) electrons. The summed E-state index contributed by atoms with van der Waals surface area (Å²) in [5, 5.41) is 11.8. The highest BCUT2D eigenvalue weighted by molar-refractivity contribution is 7.10. The van der Waals surface area contributed by atoms with Crippen molar-refractivity contribution in [3.05, 3.63) is 34.5 Å². The average molecular weight is 218 g/mol. The van der Waals surface area contributed by atoms with Crippen LogP contribution >= 0.6 is 11.3 Å². The van der Waals surface area contributed by atoms with Crippen molar-refractivity contribution in [2.45, 2.75) is 18.4 Å². The molecule has 0 amide bonds. The molecule has 1 aliphatic rings. The van der Waals surface area contributed by atoms with E-state index in [0.717, 1.165) is 4.88 Å². The fourth-order valence-corrected chi connectivity index (χ4v) is 2.02. The molecule has 0 saturated carbocycles. The Balaban J connectivity index is 1.99. The summed E-state index contributed by atoms with van der Waals surface area (Å²) >= 11 is 1.56. The molecule has 1 atom stereocenters. The minimum Gasteiger partial charge on any atom is -0.384 e. The van der Waals surface area contributed by atoms with Gasteiger partial charge in [-0.1, -0.05) is 17.9 Å². The molecule has 0 saturated heterocycles. The molecule has 0 fully saturated rings. The summed E-state index contributed by atoms with van der Waals surface area (Å²) in [5.74, 6) is 5.82. The number of allylic oxidation sites excluding steroid dienone is 1. The van der Waals surface area contributed by atoms with Gasteiger partial charge in [0.05, 0.1) is 4.88 Å². The molecule has 0 aliphatic heterocycles. The Bertz CT molecular complexity index is 448. The van der Waals surface area contributed by atoms with Gasteiger partial charge in [-0.25, -0.2) is 0 Å². The molecule has 1 aromatic heterocycles. The van der Waals surface area contributed by atoms with Crippen molar-refractivity contribution in [3.63, 3.8) is 0 Å². The van der Waals surface area contributed by atoms with Crippen LogP contribution in [0, 0.1) is 11.8 Å². The molecule has 15 heavy (non-hydrogen) atoms. The highest BCUT2D eigenvalue weighted by atomic mass is 32.1. The molecule has 1 heterocycles. The van der Waals surface area contributed by atoms with Crippen molar-refractivity contribution in [3.8, 4) is 11.8 Å². The summed E-state index contributed by atoms with van der Waals surface area (Å²) in [7, 11) is 0. The second kappa shape index (κ2) is 4.01. The SMILES string of the molecule is O=C1C=CC(O)(CC#Cc2cccs2)C1. The van der Waals surface area contributed by atoms with Gasteiger partial charge in [0.1, 0.15) is 5.60 Å². The van der Waals surface area contributed by atoms with Crippen LogP contribution in [0.5, 0.6) is 0 Å². The third-order valence-electron chi connectivity index (χ3n) is 2.19. The van der Waals surface area contributed by atoms with Gasteiger partial charge in [0.2, 0.25) is 0 Å². The van der Waals surface area contributed by atoms with Gasteiger partial charge in [-0.2, -0.15) is 0 Å². The van der Waals surface area contributed by atoms with Gasteiger partial charge in [-0.05, 0) is 23.6 Å². The lowest BCUT2D eigenvalue weighted by atomic mass is 10.00. The number of ketones is 1. The predicted molar refractivity (Wildman–Crippen MR) is 59.5 cm³/mol. The van der Waals surface area contributed by atoms with Crippen LogP contribution < -0.4 is 0 Å². The number of carbonyl (C=O) groups excluding carboxylic acids is 1. The van der Waals surface area contributed by atoms with Crippen molar-refractivity contribution in [1.82, 2.24) is 0 Å². The lowest BCUT2D eigenvalue weighted by Crippen LogP contribution is -2.23. The molecule has 0 aromatic carbocycles. The zero-order chi connectivity index (χ0) is 10.7. The number of thiophene rings is 1. The van der Waals surface area contributed by atoms with Crippen LogP contribution in [0.2, 0.25) is 0 Å². The van der Waals surface area contributed by atoms with E-state index < -0.39 is 5.60 Å². The molecule has 2 rings (SSSR count). The van der Waals surface area contributed by atoms with Gasteiger partial charge < -0.3 is 5.11 Å². The highest BCUT2D eigenvalue weighted by Crippen LogP contribution is 2.23. The van der Waals surface area contributed by atoms with Gasteiger partial charge in [-0.3, -0.25) is 4.79 Å². The number of aliphatic hydroxyl groups is 1. The van der Waals surface area contributed by atoms with Crippen LogP contribution in [0.4, 0.5) is 0 Å². The zero-order valence-electron chi connectivity index (χ0n) is 8.06.